The SMILES string of the molecule is CNc1cc(C(=O)OC)[se]c1C(=O)O. The second-order valence-corrected chi connectivity index (χ2v) is 4.61. The van der Waals surface area contributed by atoms with Crippen molar-refractivity contribution < 1.29 is 19.4 Å². The zero-order valence-corrected chi connectivity index (χ0v) is 9.37. The van der Waals surface area contributed by atoms with Gasteiger partial charge in [-0.1, -0.05) is 0 Å². The fourth-order valence-corrected chi connectivity index (χ4v) is 2.87. The number of carbonyl (C=O) groups excluding carboxylic acids is 1. The molecule has 0 radical (unpaired) electrons. The summed E-state index contributed by atoms with van der Waals surface area (Å²) in [5, 5.41) is 11.6. The summed E-state index contributed by atoms with van der Waals surface area (Å²) in [7, 11) is 2.89. The topological polar surface area (TPSA) is 75.6 Å². The molecule has 6 heteroatoms. The Morgan fingerprint density at radius 3 is 2.57 bits per heavy atom. The van der Waals surface area contributed by atoms with Crippen molar-refractivity contribution in [3.05, 3.63) is 14.9 Å². The molecule has 0 amide bonds. The van der Waals surface area contributed by atoms with Crippen LogP contribution in [0.1, 0.15) is 18.5 Å². The summed E-state index contributed by atoms with van der Waals surface area (Å²) in [6.45, 7) is 0. The average Bonchev–Trinajstić information content (AvgIpc) is 2.60. The van der Waals surface area contributed by atoms with Crippen LogP contribution in [0.25, 0.3) is 0 Å². The number of esters is 1. The number of rotatable bonds is 3. The zero-order chi connectivity index (χ0) is 10.7. The number of ether oxygens (including phenoxy) is 1. The predicted octanol–water partition coefficient (Wildman–Crippen LogP) is 0.270. The fraction of sp³-hybridized carbons (Fsp3) is 0.250. The Balaban J connectivity index is 3.13. The van der Waals surface area contributed by atoms with Crippen LogP contribution in [0.4, 0.5) is 5.69 Å². The van der Waals surface area contributed by atoms with Gasteiger partial charge in [-0.15, -0.1) is 0 Å². The zero-order valence-electron chi connectivity index (χ0n) is 7.66. The monoisotopic (exact) mass is 263 g/mol. The van der Waals surface area contributed by atoms with Gasteiger partial charge in [0, 0.05) is 0 Å². The number of carboxylic acid groups (broad SMARTS) is 1. The Morgan fingerprint density at radius 2 is 2.21 bits per heavy atom. The Labute approximate surface area is 86.4 Å². The van der Waals surface area contributed by atoms with Gasteiger partial charge in [0.25, 0.3) is 0 Å². The molecule has 0 aliphatic rings. The molecule has 1 aromatic rings. The summed E-state index contributed by atoms with van der Waals surface area (Å²) in [4.78, 5) is 21.9. The Bertz CT molecular complexity index is 371. The van der Waals surface area contributed by atoms with E-state index >= 15 is 0 Å². The van der Waals surface area contributed by atoms with Crippen molar-refractivity contribution in [3.63, 3.8) is 0 Å². The molecule has 1 heterocycles. The van der Waals surface area contributed by atoms with E-state index in [1.165, 1.54) is 13.2 Å². The standard InChI is InChI=1S/C8H9NO4Se/c1-9-4-3-5(8(12)13-2)14-6(4)7(10)11/h3,9H,1-2H3,(H,10,11). The van der Waals surface area contributed by atoms with Gasteiger partial charge in [0.05, 0.1) is 0 Å². The number of hydrogen-bond donors (Lipinski definition) is 2. The van der Waals surface area contributed by atoms with Gasteiger partial charge in [-0.05, 0) is 0 Å². The van der Waals surface area contributed by atoms with Crippen LogP contribution in [-0.4, -0.2) is 45.7 Å². The molecule has 0 bridgehead atoms. The predicted molar refractivity (Wildman–Crippen MR) is 51.2 cm³/mol. The molecule has 1 aromatic heterocycles. The van der Waals surface area contributed by atoms with Gasteiger partial charge in [0.2, 0.25) is 0 Å². The van der Waals surface area contributed by atoms with Crippen molar-refractivity contribution in [3.8, 4) is 0 Å². The number of nitrogens with one attached hydrogen (secondary N) is 1. The van der Waals surface area contributed by atoms with E-state index in [9.17, 15) is 9.59 Å². The van der Waals surface area contributed by atoms with Crippen LogP contribution in [0.5, 0.6) is 0 Å². The summed E-state index contributed by atoms with van der Waals surface area (Å²) < 4.78 is 5.18. The van der Waals surface area contributed by atoms with E-state index in [4.69, 9.17) is 5.11 Å². The van der Waals surface area contributed by atoms with Crippen LogP contribution in [0.2, 0.25) is 0 Å². The molecule has 0 spiro atoms. The quantitative estimate of drug-likeness (QED) is 0.604. The van der Waals surface area contributed by atoms with Crippen LogP contribution in [-0.2, 0) is 4.74 Å². The van der Waals surface area contributed by atoms with E-state index in [2.05, 4.69) is 10.1 Å². The average molecular weight is 262 g/mol. The van der Waals surface area contributed by atoms with Crippen LogP contribution >= 0.6 is 0 Å². The Hall–Kier alpha value is -1.26. The first-order valence-corrected chi connectivity index (χ1v) is 5.44. The number of carbonyl (C=O) groups is 2. The third kappa shape index (κ3) is 1.97. The number of anilines is 1. The van der Waals surface area contributed by atoms with E-state index < -0.39 is 26.4 Å². The summed E-state index contributed by atoms with van der Waals surface area (Å²) >= 11 is -0.475. The molecule has 0 aliphatic heterocycles. The van der Waals surface area contributed by atoms with Crippen LogP contribution in [0.3, 0.4) is 0 Å². The van der Waals surface area contributed by atoms with Crippen molar-refractivity contribution in [1.29, 1.82) is 0 Å². The number of methoxy groups -OCH3 is 1. The third-order valence-corrected chi connectivity index (χ3v) is 3.90. The van der Waals surface area contributed by atoms with Crippen LogP contribution in [0.15, 0.2) is 6.07 Å². The second kappa shape index (κ2) is 4.30. The molecule has 0 atom stereocenters. The number of hydrogen-bond acceptors (Lipinski definition) is 4. The van der Waals surface area contributed by atoms with Crippen molar-refractivity contribution >= 4 is 32.1 Å². The summed E-state index contributed by atoms with van der Waals surface area (Å²) in [6.07, 6.45) is 0. The molecular weight excluding hydrogens is 253 g/mol. The van der Waals surface area contributed by atoms with Gasteiger partial charge in [0.15, 0.2) is 0 Å². The molecule has 2 N–H and O–H groups in total. The molecule has 0 saturated carbocycles. The van der Waals surface area contributed by atoms with E-state index in [0.717, 1.165) is 0 Å². The summed E-state index contributed by atoms with van der Waals surface area (Å²) in [5.41, 5.74) is 0.484. The molecule has 0 unspecified atom stereocenters. The van der Waals surface area contributed by atoms with Crippen LogP contribution in [0, 0.1) is 0 Å². The van der Waals surface area contributed by atoms with E-state index in [1.54, 1.807) is 7.05 Å². The van der Waals surface area contributed by atoms with Crippen molar-refractivity contribution in [1.82, 2.24) is 0 Å². The molecule has 14 heavy (non-hydrogen) atoms. The van der Waals surface area contributed by atoms with Crippen molar-refractivity contribution in [2.75, 3.05) is 19.5 Å². The van der Waals surface area contributed by atoms with E-state index in [-0.39, 0.29) is 4.44 Å². The first-order valence-electron chi connectivity index (χ1n) is 3.73. The fourth-order valence-electron chi connectivity index (χ4n) is 0.937. The molecule has 0 aliphatic carbocycles. The third-order valence-electron chi connectivity index (χ3n) is 1.58. The van der Waals surface area contributed by atoms with Gasteiger partial charge < -0.3 is 0 Å². The first kappa shape index (κ1) is 10.8. The molecule has 0 aromatic carbocycles. The van der Waals surface area contributed by atoms with Gasteiger partial charge in [-0.3, -0.25) is 0 Å². The van der Waals surface area contributed by atoms with Crippen molar-refractivity contribution in [2.24, 2.45) is 0 Å². The second-order valence-electron chi connectivity index (χ2n) is 2.40. The van der Waals surface area contributed by atoms with Gasteiger partial charge >= 0.3 is 86.0 Å². The number of carboxylic acids is 1. The first-order chi connectivity index (χ1) is 6.60. The molecule has 0 fully saturated rings. The summed E-state index contributed by atoms with van der Waals surface area (Å²) in [6, 6.07) is 1.52. The molecular formula is C8H9NO4Se. The molecule has 1 rings (SSSR count). The Morgan fingerprint density at radius 1 is 1.57 bits per heavy atom. The maximum atomic E-state index is 11.1. The summed E-state index contributed by atoms with van der Waals surface area (Å²) in [5.74, 6) is -1.46. The molecule has 0 saturated heterocycles. The van der Waals surface area contributed by atoms with Gasteiger partial charge in [-0.25, -0.2) is 0 Å². The normalized spacial score (nSPS) is 9.57. The van der Waals surface area contributed by atoms with Crippen molar-refractivity contribution in [2.45, 2.75) is 0 Å². The number of aromatic carboxylic acids is 1. The van der Waals surface area contributed by atoms with Gasteiger partial charge in [-0.2, -0.15) is 0 Å². The minimum atomic E-state index is -0.996. The minimum absolute atomic E-state index is 0.250. The molecule has 5 nitrogen and oxygen atoms in total. The Kier molecular flexibility index (Phi) is 3.32. The van der Waals surface area contributed by atoms with Gasteiger partial charge in [0.1, 0.15) is 0 Å². The maximum absolute atomic E-state index is 11.1. The van der Waals surface area contributed by atoms with E-state index in [1.807, 2.05) is 0 Å². The van der Waals surface area contributed by atoms with E-state index in [0.29, 0.717) is 10.1 Å². The van der Waals surface area contributed by atoms with Crippen LogP contribution < -0.4 is 5.32 Å². The molecule has 76 valence electrons.